The van der Waals surface area contributed by atoms with Crippen molar-refractivity contribution in [2.45, 2.75) is 38.8 Å². The number of hydrogen-bond acceptors (Lipinski definition) is 4. The van der Waals surface area contributed by atoms with Crippen LogP contribution in [0.3, 0.4) is 0 Å². The molecule has 1 aromatic rings. The van der Waals surface area contributed by atoms with Crippen LogP contribution in [0.4, 0.5) is 10.1 Å². The molecule has 7 heteroatoms. The lowest BCUT2D eigenvalue weighted by Crippen LogP contribution is -2.36. The van der Waals surface area contributed by atoms with E-state index < -0.39 is 22.8 Å². The number of nitrogens with one attached hydrogen (secondary N) is 1. The largest absolute Gasteiger partial charge is 0.480 e. The molecule has 0 amide bonds. The summed E-state index contributed by atoms with van der Waals surface area (Å²) in [5, 5.41) is 22.3. The minimum Gasteiger partial charge on any atom is -0.480 e. The molecule has 20 heavy (non-hydrogen) atoms. The Morgan fingerprint density at radius 2 is 2.25 bits per heavy atom. The standard InChI is InChI=1S/C13H17FN2O4/c1-2-3-4-12(13(17)18)15-8-9-5-6-10(16(19)20)7-11(9)14/h5-7,12,15H,2-4,8H2,1H3,(H,17,18)/t12-/m0/s1. The van der Waals surface area contributed by atoms with Crippen LogP contribution in [-0.2, 0) is 11.3 Å². The molecule has 0 saturated carbocycles. The van der Waals surface area contributed by atoms with Crippen molar-refractivity contribution in [3.8, 4) is 0 Å². The molecule has 0 heterocycles. The Morgan fingerprint density at radius 1 is 1.55 bits per heavy atom. The van der Waals surface area contributed by atoms with Gasteiger partial charge in [-0.3, -0.25) is 14.9 Å². The first-order chi connectivity index (χ1) is 9.45. The lowest BCUT2D eigenvalue weighted by molar-refractivity contribution is -0.385. The molecule has 0 spiro atoms. The van der Waals surface area contributed by atoms with Gasteiger partial charge >= 0.3 is 5.97 Å². The number of hydrogen-bond donors (Lipinski definition) is 2. The van der Waals surface area contributed by atoms with Crippen LogP contribution in [0.25, 0.3) is 0 Å². The molecule has 0 radical (unpaired) electrons. The molecule has 0 bridgehead atoms. The van der Waals surface area contributed by atoms with Crippen LogP contribution in [0.1, 0.15) is 31.7 Å². The van der Waals surface area contributed by atoms with E-state index in [0.717, 1.165) is 18.9 Å². The Labute approximate surface area is 115 Å². The highest BCUT2D eigenvalue weighted by atomic mass is 19.1. The second-order valence-corrected chi connectivity index (χ2v) is 4.45. The number of unbranched alkanes of at least 4 members (excludes halogenated alkanes) is 1. The van der Waals surface area contributed by atoms with Gasteiger partial charge < -0.3 is 10.4 Å². The van der Waals surface area contributed by atoms with Crippen LogP contribution in [0.15, 0.2) is 18.2 Å². The number of nitro benzene ring substituents is 1. The van der Waals surface area contributed by atoms with Crippen molar-refractivity contribution in [3.05, 3.63) is 39.7 Å². The molecule has 110 valence electrons. The first-order valence-corrected chi connectivity index (χ1v) is 6.34. The highest BCUT2D eigenvalue weighted by molar-refractivity contribution is 5.73. The quantitative estimate of drug-likeness (QED) is 0.565. The fraction of sp³-hybridized carbons (Fsp3) is 0.462. The summed E-state index contributed by atoms with van der Waals surface area (Å²) in [6.45, 7) is 1.97. The molecule has 6 nitrogen and oxygen atoms in total. The van der Waals surface area contributed by atoms with Gasteiger partial charge in [-0.15, -0.1) is 0 Å². The monoisotopic (exact) mass is 284 g/mol. The van der Waals surface area contributed by atoms with Gasteiger partial charge in [-0.1, -0.05) is 19.8 Å². The molecule has 0 aliphatic rings. The number of nitrogens with zero attached hydrogens (tertiary/aromatic N) is 1. The number of nitro groups is 1. The minimum absolute atomic E-state index is 0.0184. The molecule has 1 atom stereocenters. The van der Waals surface area contributed by atoms with Crippen LogP contribution in [0.5, 0.6) is 0 Å². The molecular formula is C13H17FN2O4. The summed E-state index contributed by atoms with van der Waals surface area (Å²) < 4.78 is 13.6. The van der Waals surface area contributed by atoms with Gasteiger partial charge in [0, 0.05) is 18.2 Å². The summed E-state index contributed by atoms with van der Waals surface area (Å²) in [6, 6.07) is 2.57. The summed E-state index contributed by atoms with van der Waals surface area (Å²) in [7, 11) is 0. The fourth-order valence-corrected chi connectivity index (χ4v) is 1.75. The predicted molar refractivity (Wildman–Crippen MR) is 70.8 cm³/mol. The van der Waals surface area contributed by atoms with Crippen molar-refractivity contribution in [2.24, 2.45) is 0 Å². The maximum Gasteiger partial charge on any atom is 0.320 e. The third-order valence-electron chi connectivity index (χ3n) is 2.93. The van der Waals surface area contributed by atoms with E-state index in [1.807, 2.05) is 6.92 Å². The average Bonchev–Trinajstić information content (AvgIpc) is 2.39. The highest BCUT2D eigenvalue weighted by Crippen LogP contribution is 2.16. The number of benzene rings is 1. The Kier molecular flexibility index (Phi) is 6.05. The summed E-state index contributed by atoms with van der Waals surface area (Å²) in [6.07, 6.45) is 2.09. The van der Waals surface area contributed by atoms with E-state index in [1.165, 1.54) is 12.1 Å². The molecule has 1 aromatic carbocycles. The molecule has 2 N–H and O–H groups in total. The Hall–Kier alpha value is -2.02. The van der Waals surface area contributed by atoms with Crippen molar-refractivity contribution in [2.75, 3.05) is 0 Å². The molecule has 0 fully saturated rings. The Balaban J connectivity index is 2.68. The summed E-state index contributed by atoms with van der Waals surface area (Å²) in [5.41, 5.74) is -0.120. The number of halogens is 1. The fourth-order valence-electron chi connectivity index (χ4n) is 1.75. The molecule has 0 saturated heterocycles. The van der Waals surface area contributed by atoms with E-state index in [-0.39, 0.29) is 17.8 Å². The second kappa shape index (κ2) is 7.54. The number of aliphatic carboxylic acids is 1. The van der Waals surface area contributed by atoms with Crippen molar-refractivity contribution < 1.29 is 19.2 Å². The van der Waals surface area contributed by atoms with Gasteiger partial charge in [0.15, 0.2) is 0 Å². The van der Waals surface area contributed by atoms with E-state index in [9.17, 15) is 19.3 Å². The van der Waals surface area contributed by atoms with Gasteiger partial charge in [-0.2, -0.15) is 0 Å². The number of carboxylic acids is 1. The molecule has 0 aromatic heterocycles. The van der Waals surface area contributed by atoms with Crippen LogP contribution in [-0.4, -0.2) is 22.0 Å². The topological polar surface area (TPSA) is 92.5 Å². The van der Waals surface area contributed by atoms with E-state index >= 15 is 0 Å². The Morgan fingerprint density at radius 3 is 2.75 bits per heavy atom. The zero-order valence-corrected chi connectivity index (χ0v) is 11.1. The first kappa shape index (κ1) is 16.0. The molecular weight excluding hydrogens is 267 g/mol. The van der Waals surface area contributed by atoms with Crippen molar-refractivity contribution in [3.63, 3.8) is 0 Å². The summed E-state index contributed by atoms with van der Waals surface area (Å²) in [4.78, 5) is 20.8. The number of non-ortho nitro benzene ring substituents is 1. The SMILES string of the molecule is CCCC[C@H](NCc1ccc([N+](=O)[O-])cc1F)C(=O)O. The van der Waals surface area contributed by atoms with Gasteiger partial charge in [0.25, 0.3) is 5.69 Å². The van der Waals surface area contributed by atoms with Crippen molar-refractivity contribution in [1.82, 2.24) is 5.32 Å². The minimum atomic E-state index is -0.985. The number of carboxylic acid groups (broad SMARTS) is 1. The molecule has 0 aliphatic carbocycles. The third-order valence-corrected chi connectivity index (χ3v) is 2.93. The normalized spacial score (nSPS) is 12.1. The molecule has 0 aliphatic heterocycles. The average molecular weight is 284 g/mol. The van der Waals surface area contributed by atoms with Gasteiger partial charge in [-0.25, -0.2) is 4.39 Å². The zero-order chi connectivity index (χ0) is 15.1. The van der Waals surface area contributed by atoms with Gasteiger partial charge in [-0.05, 0) is 12.5 Å². The molecule has 0 unspecified atom stereocenters. The maximum absolute atomic E-state index is 13.6. The van der Waals surface area contributed by atoms with Crippen molar-refractivity contribution in [1.29, 1.82) is 0 Å². The Bertz CT molecular complexity index is 493. The van der Waals surface area contributed by atoms with E-state index in [4.69, 9.17) is 5.11 Å². The lowest BCUT2D eigenvalue weighted by Gasteiger charge is -2.14. The maximum atomic E-state index is 13.6. The van der Waals surface area contributed by atoms with E-state index in [1.54, 1.807) is 0 Å². The lowest BCUT2D eigenvalue weighted by atomic mass is 10.1. The van der Waals surface area contributed by atoms with E-state index in [2.05, 4.69) is 5.32 Å². The summed E-state index contributed by atoms with van der Waals surface area (Å²) >= 11 is 0. The van der Waals surface area contributed by atoms with Gasteiger partial charge in [0.05, 0.1) is 11.0 Å². The highest BCUT2D eigenvalue weighted by Gasteiger charge is 2.17. The number of rotatable bonds is 8. The smallest absolute Gasteiger partial charge is 0.320 e. The van der Waals surface area contributed by atoms with Gasteiger partial charge in [0.1, 0.15) is 11.9 Å². The second-order valence-electron chi connectivity index (χ2n) is 4.45. The predicted octanol–water partition coefficient (Wildman–Crippen LogP) is 2.47. The molecule has 1 rings (SSSR count). The van der Waals surface area contributed by atoms with Gasteiger partial charge in [0.2, 0.25) is 0 Å². The van der Waals surface area contributed by atoms with E-state index in [0.29, 0.717) is 6.42 Å². The van der Waals surface area contributed by atoms with Crippen LogP contribution >= 0.6 is 0 Å². The van der Waals surface area contributed by atoms with Crippen molar-refractivity contribution >= 4 is 11.7 Å². The van der Waals surface area contributed by atoms with Crippen LogP contribution < -0.4 is 5.32 Å². The van der Waals surface area contributed by atoms with Crippen LogP contribution in [0.2, 0.25) is 0 Å². The van der Waals surface area contributed by atoms with Crippen LogP contribution in [0, 0.1) is 15.9 Å². The third kappa shape index (κ3) is 4.58. The zero-order valence-electron chi connectivity index (χ0n) is 11.1. The summed E-state index contributed by atoms with van der Waals surface area (Å²) in [5.74, 6) is -1.70. The number of carbonyl (C=O) groups is 1. The first-order valence-electron chi connectivity index (χ1n) is 6.34.